The molecule has 0 spiro atoms. The van der Waals surface area contributed by atoms with Crippen LogP contribution in [0.1, 0.15) is 34.1 Å². The van der Waals surface area contributed by atoms with Gasteiger partial charge in [0.25, 0.3) is 0 Å². The fourth-order valence-corrected chi connectivity index (χ4v) is 5.37. The largest absolute Gasteiger partial charge is 0.454 e. The molecule has 0 radical (unpaired) electrons. The summed E-state index contributed by atoms with van der Waals surface area (Å²) in [5.41, 5.74) is 6.16. The predicted octanol–water partition coefficient (Wildman–Crippen LogP) is 9.59. The number of halogens is 2. The fourth-order valence-electron chi connectivity index (χ4n) is 5.37. The first-order chi connectivity index (χ1) is 20.0. The minimum Gasteiger partial charge on any atom is -0.454 e. The molecule has 0 amide bonds. The summed E-state index contributed by atoms with van der Waals surface area (Å²) in [6.45, 7) is 5.77. The zero-order valence-electron chi connectivity index (χ0n) is 25.1. The Balaban J connectivity index is 1.56. The average molecular weight is 535 g/mol. The van der Waals surface area contributed by atoms with Gasteiger partial charge in [-0.15, -0.1) is 0 Å². The lowest BCUT2D eigenvalue weighted by atomic mass is 9.96. The van der Waals surface area contributed by atoms with Crippen LogP contribution >= 0.6 is 0 Å². The third-order valence-electron chi connectivity index (χ3n) is 7.41. The molecular formula is C36H32F2NO+. The molecule has 0 unspecified atom stereocenters. The molecular weight excluding hydrogens is 500 g/mol. The van der Waals surface area contributed by atoms with E-state index in [1.165, 1.54) is 18.3 Å². The van der Waals surface area contributed by atoms with Crippen molar-refractivity contribution in [1.82, 2.24) is 0 Å². The van der Waals surface area contributed by atoms with Crippen LogP contribution in [-0.2, 0) is 13.4 Å². The molecule has 0 saturated carbocycles. The Bertz CT molecular complexity index is 1960. The predicted molar refractivity (Wildman–Crippen MR) is 159 cm³/mol. The van der Waals surface area contributed by atoms with Crippen LogP contribution in [0.25, 0.3) is 55.4 Å². The van der Waals surface area contributed by atoms with E-state index in [0.29, 0.717) is 33.6 Å². The summed E-state index contributed by atoms with van der Waals surface area (Å²) in [5.74, 6) is -0.928. The van der Waals surface area contributed by atoms with Crippen LogP contribution in [0.5, 0.6) is 0 Å². The maximum absolute atomic E-state index is 15.6. The standard InChI is InChI=1S/C36H32F2NO/c1-22(2)13-15-27-21-39(4)32(20-31(27)38)33-23(3)14-16-28-29-17-18-30(37)34(36(29)40-35(28)33)26-12-8-11-25(19-26)24-9-6-5-7-10-24/h5-12,14,16-22H,13,15H2,1-4H3/q+1/i15D2. The van der Waals surface area contributed by atoms with Gasteiger partial charge in [0.2, 0.25) is 5.69 Å². The van der Waals surface area contributed by atoms with E-state index in [9.17, 15) is 0 Å². The quantitative estimate of drug-likeness (QED) is 0.194. The minimum atomic E-state index is -1.81. The van der Waals surface area contributed by atoms with Gasteiger partial charge in [-0.25, -0.2) is 13.3 Å². The molecule has 6 aromatic rings. The molecule has 0 fully saturated rings. The van der Waals surface area contributed by atoms with E-state index in [-0.39, 0.29) is 17.9 Å². The van der Waals surface area contributed by atoms with Crippen LogP contribution in [0.3, 0.4) is 0 Å². The van der Waals surface area contributed by atoms with Gasteiger partial charge in [0.05, 0.1) is 16.7 Å². The summed E-state index contributed by atoms with van der Waals surface area (Å²) in [6, 6.07) is 26.2. The van der Waals surface area contributed by atoms with Crippen LogP contribution < -0.4 is 4.57 Å². The molecule has 40 heavy (non-hydrogen) atoms. The van der Waals surface area contributed by atoms with Crippen molar-refractivity contribution < 1.29 is 20.5 Å². The number of aryl methyl sites for hydroxylation is 3. The van der Waals surface area contributed by atoms with E-state index in [0.717, 1.165) is 27.5 Å². The number of aromatic nitrogens is 1. The number of fused-ring (bicyclic) bond motifs is 3. The van der Waals surface area contributed by atoms with Crippen molar-refractivity contribution >= 4 is 21.9 Å². The number of furan rings is 1. The van der Waals surface area contributed by atoms with Gasteiger partial charge in [-0.2, -0.15) is 0 Å². The van der Waals surface area contributed by atoms with Crippen LogP contribution in [-0.4, -0.2) is 0 Å². The number of pyridine rings is 1. The molecule has 2 aromatic heterocycles. The Morgan fingerprint density at radius 1 is 0.775 bits per heavy atom. The lowest BCUT2D eigenvalue weighted by Gasteiger charge is -2.09. The van der Waals surface area contributed by atoms with Crippen LogP contribution in [0.4, 0.5) is 8.78 Å². The fraction of sp³-hybridized carbons (Fsp3) is 0.194. The highest BCUT2D eigenvalue weighted by Crippen LogP contribution is 2.42. The normalized spacial score (nSPS) is 12.8. The Labute approximate surface area is 236 Å². The summed E-state index contributed by atoms with van der Waals surface area (Å²) in [7, 11) is 1.78. The topological polar surface area (TPSA) is 17.0 Å². The molecule has 200 valence electrons. The third-order valence-corrected chi connectivity index (χ3v) is 7.41. The molecule has 2 nitrogen and oxygen atoms in total. The van der Waals surface area contributed by atoms with E-state index in [1.807, 2.05) is 87.5 Å². The Kier molecular flexibility index (Phi) is 6.10. The minimum absolute atomic E-state index is 0.0274. The van der Waals surface area contributed by atoms with Crippen molar-refractivity contribution in [1.29, 1.82) is 0 Å². The maximum Gasteiger partial charge on any atom is 0.219 e. The highest BCUT2D eigenvalue weighted by atomic mass is 19.1. The molecule has 0 aliphatic rings. The van der Waals surface area contributed by atoms with Gasteiger partial charge in [0, 0.05) is 19.6 Å². The summed E-state index contributed by atoms with van der Waals surface area (Å²) < 4.78 is 56.5. The molecule has 0 saturated heterocycles. The van der Waals surface area contributed by atoms with Crippen molar-refractivity contribution in [2.75, 3.05) is 0 Å². The highest BCUT2D eigenvalue weighted by molar-refractivity contribution is 6.13. The summed E-state index contributed by atoms with van der Waals surface area (Å²) >= 11 is 0. The zero-order valence-corrected chi connectivity index (χ0v) is 23.1. The number of rotatable bonds is 6. The van der Waals surface area contributed by atoms with Crippen LogP contribution in [0.2, 0.25) is 0 Å². The van der Waals surface area contributed by atoms with Crippen molar-refractivity contribution in [2.24, 2.45) is 13.0 Å². The molecule has 2 heterocycles. The summed E-state index contributed by atoms with van der Waals surface area (Å²) in [5, 5.41) is 1.56. The zero-order chi connectivity index (χ0) is 29.8. The van der Waals surface area contributed by atoms with Gasteiger partial charge in [-0.05, 0) is 66.1 Å². The first-order valence-electron chi connectivity index (χ1n) is 14.6. The highest BCUT2D eigenvalue weighted by Gasteiger charge is 2.25. The first-order valence-corrected chi connectivity index (χ1v) is 13.6. The lowest BCUT2D eigenvalue weighted by molar-refractivity contribution is -0.661. The third kappa shape index (κ3) is 4.58. The second-order valence-electron chi connectivity index (χ2n) is 10.8. The Hall–Kier alpha value is -4.31. The molecule has 0 aliphatic carbocycles. The van der Waals surface area contributed by atoms with Crippen molar-refractivity contribution in [3.8, 4) is 33.5 Å². The Morgan fingerprint density at radius 2 is 1.45 bits per heavy atom. The second kappa shape index (κ2) is 10.3. The van der Waals surface area contributed by atoms with Gasteiger partial charge < -0.3 is 4.42 Å². The SMILES string of the molecule is [2H]C([2H])(CC(C)C)c1c[n+](C)c(-c2c(C)ccc3c2oc2c(-c4cccc(-c5ccccc5)c4)c(F)ccc23)cc1F. The van der Waals surface area contributed by atoms with Gasteiger partial charge in [0.15, 0.2) is 6.20 Å². The van der Waals surface area contributed by atoms with Gasteiger partial charge >= 0.3 is 0 Å². The Morgan fingerprint density at radius 3 is 2.20 bits per heavy atom. The van der Waals surface area contributed by atoms with Gasteiger partial charge in [-0.1, -0.05) is 74.5 Å². The molecule has 0 aliphatic heterocycles. The second-order valence-corrected chi connectivity index (χ2v) is 10.8. The molecule has 0 bridgehead atoms. The molecule has 4 aromatic carbocycles. The van der Waals surface area contributed by atoms with Gasteiger partial charge in [0.1, 0.15) is 29.8 Å². The van der Waals surface area contributed by atoms with Crippen molar-refractivity contribution in [3.63, 3.8) is 0 Å². The summed E-state index contributed by atoms with van der Waals surface area (Å²) in [4.78, 5) is 0. The maximum atomic E-state index is 15.6. The van der Waals surface area contributed by atoms with E-state index >= 15 is 8.78 Å². The van der Waals surface area contributed by atoms with E-state index in [4.69, 9.17) is 7.16 Å². The van der Waals surface area contributed by atoms with E-state index in [2.05, 4.69) is 0 Å². The lowest BCUT2D eigenvalue weighted by Crippen LogP contribution is -2.32. The van der Waals surface area contributed by atoms with E-state index in [1.54, 1.807) is 17.7 Å². The smallest absolute Gasteiger partial charge is 0.219 e. The van der Waals surface area contributed by atoms with Crippen LogP contribution in [0, 0.1) is 24.5 Å². The monoisotopic (exact) mass is 534 g/mol. The molecule has 4 heteroatoms. The number of hydrogen-bond donors (Lipinski definition) is 0. The van der Waals surface area contributed by atoms with E-state index < -0.39 is 18.0 Å². The van der Waals surface area contributed by atoms with Crippen molar-refractivity contribution in [3.05, 3.63) is 114 Å². The average Bonchev–Trinajstić information content (AvgIpc) is 3.32. The molecule has 6 rings (SSSR count). The first kappa shape index (κ1) is 23.6. The van der Waals surface area contributed by atoms with Crippen molar-refractivity contribution in [2.45, 2.75) is 33.6 Å². The number of nitrogens with zero attached hydrogens (tertiary/aromatic N) is 1. The van der Waals surface area contributed by atoms with Crippen LogP contribution in [0.15, 0.2) is 95.5 Å². The number of hydrogen-bond acceptors (Lipinski definition) is 1. The molecule has 0 N–H and O–H groups in total. The van der Waals surface area contributed by atoms with Gasteiger partial charge in [-0.3, -0.25) is 0 Å². The molecule has 0 atom stereocenters. The number of benzene rings is 4. The summed E-state index contributed by atoms with van der Waals surface area (Å²) in [6.07, 6.45) is -0.0644.